The first-order valence-electron chi connectivity index (χ1n) is 12.8. The molecule has 9 nitrogen and oxygen atoms in total. The van der Waals surface area contributed by atoms with Crippen LogP contribution in [0.2, 0.25) is 0 Å². The molecule has 2 atom stereocenters. The lowest BCUT2D eigenvalue weighted by Crippen LogP contribution is -2.51. The predicted octanol–water partition coefficient (Wildman–Crippen LogP) is 3.24. The molecule has 1 saturated heterocycles. The van der Waals surface area contributed by atoms with Crippen molar-refractivity contribution < 1.29 is 37.1 Å². The van der Waals surface area contributed by atoms with Gasteiger partial charge in [-0.3, -0.25) is 19.3 Å². The standard InChI is InChI=1S/C27H31F3N4O5/c1-4-12-33-20-15-34(16(3)23(35)32-13-10-17(11-14-32)25(37)39-5-2)24(36)21(20)22(31-26(33)38)18-8-6-7-9-19(18)27(28,29)30/h4,6-9,16-17,22H,1,5,10-15H2,2-3H3,(H,31,38)/t16-,22-/m0/s1. The minimum Gasteiger partial charge on any atom is -0.466 e. The Bertz CT molecular complexity index is 1210. The first-order chi connectivity index (χ1) is 18.5. The van der Waals surface area contributed by atoms with Crippen LogP contribution in [0.25, 0.3) is 0 Å². The maximum Gasteiger partial charge on any atom is 0.416 e. The monoisotopic (exact) mass is 548 g/mol. The Morgan fingerprint density at radius 1 is 1.21 bits per heavy atom. The summed E-state index contributed by atoms with van der Waals surface area (Å²) in [6, 6.07) is 1.85. The number of hydrogen-bond acceptors (Lipinski definition) is 5. The number of amides is 4. The van der Waals surface area contributed by atoms with Crippen molar-refractivity contribution in [1.29, 1.82) is 0 Å². The molecule has 1 aromatic rings. The van der Waals surface area contributed by atoms with Gasteiger partial charge in [0.2, 0.25) is 5.91 Å². The number of benzene rings is 1. The van der Waals surface area contributed by atoms with Crippen molar-refractivity contribution in [2.24, 2.45) is 5.92 Å². The van der Waals surface area contributed by atoms with E-state index < -0.39 is 35.8 Å². The van der Waals surface area contributed by atoms with Crippen LogP contribution in [0, 0.1) is 5.92 Å². The summed E-state index contributed by atoms with van der Waals surface area (Å²) in [6.45, 7) is 7.73. The molecular weight excluding hydrogens is 517 g/mol. The number of ether oxygens (including phenoxy) is 1. The zero-order chi connectivity index (χ0) is 28.5. The number of nitrogens with one attached hydrogen (secondary N) is 1. The third-order valence-electron chi connectivity index (χ3n) is 7.39. The van der Waals surface area contributed by atoms with Crippen LogP contribution in [0.1, 0.15) is 43.9 Å². The highest BCUT2D eigenvalue weighted by Gasteiger charge is 2.48. The summed E-state index contributed by atoms with van der Waals surface area (Å²) >= 11 is 0. The summed E-state index contributed by atoms with van der Waals surface area (Å²) in [5.74, 6) is -1.56. The molecule has 3 aliphatic heterocycles. The first-order valence-corrected chi connectivity index (χ1v) is 12.8. The normalized spacial score (nSPS) is 21.1. The number of rotatable bonds is 7. The van der Waals surface area contributed by atoms with Crippen LogP contribution in [0.15, 0.2) is 48.2 Å². The lowest BCUT2D eigenvalue weighted by molar-refractivity contribution is -0.152. The Morgan fingerprint density at radius 2 is 1.87 bits per heavy atom. The van der Waals surface area contributed by atoms with E-state index in [0.717, 1.165) is 6.07 Å². The second-order valence-corrected chi connectivity index (χ2v) is 9.69. The first kappa shape index (κ1) is 28.2. The van der Waals surface area contributed by atoms with Crippen LogP contribution >= 0.6 is 0 Å². The third-order valence-corrected chi connectivity index (χ3v) is 7.39. The third kappa shape index (κ3) is 5.37. The molecule has 0 aromatic heterocycles. The number of carbonyl (C=O) groups is 4. The van der Waals surface area contributed by atoms with Crippen LogP contribution < -0.4 is 5.32 Å². The fourth-order valence-corrected chi connectivity index (χ4v) is 5.38. The van der Waals surface area contributed by atoms with Crippen molar-refractivity contribution in [3.8, 4) is 0 Å². The number of carbonyl (C=O) groups excluding carboxylic acids is 4. The summed E-state index contributed by atoms with van der Waals surface area (Å²) in [6.07, 6.45) is -2.40. The second kappa shape index (κ2) is 11.1. The quantitative estimate of drug-likeness (QED) is 0.417. The number of halogens is 3. The lowest BCUT2D eigenvalue weighted by atomic mass is 9.91. The highest BCUT2D eigenvalue weighted by molar-refractivity contribution is 6.03. The largest absolute Gasteiger partial charge is 0.466 e. The van der Waals surface area contributed by atoms with Crippen LogP contribution in [0.4, 0.5) is 18.0 Å². The number of likely N-dealkylation sites (tertiary alicyclic amines) is 1. The second-order valence-electron chi connectivity index (χ2n) is 9.69. The molecular formula is C27H31F3N4O5. The summed E-state index contributed by atoms with van der Waals surface area (Å²) in [5.41, 5.74) is -0.974. The molecule has 0 spiro atoms. The van der Waals surface area contributed by atoms with E-state index in [1.54, 1.807) is 18.7 Å². The number of nitrogens with zero attached hydrogens (tertiary/aromatic N) is 3. The van der Waals surface area contributed by atoms with Gasteiger partial charge in [0.05, 0.1) is 41.9 Å². The maximum atomic E-state index is 13.8. The van der Waals surface area contributed by atoms with Gasteiger partial charge in [-0.2, -0.15) is 13.2 Å². The summed E-state index contributed by atoms with van der Waals surface area (Å²) in [7, 11) is 0. The van der Waals surface area contributed by atoms with Gasteiger partial charge in [0.1, 0.15) is 6.04 Å². The van der Waals surface area contributed by atoms with E-state index in [0.29, 0.717) is 25.9 Å². The van der Waals surface area contributed by atoms with Crippen molar-refractivity contribution >= 4 is 23.8 Å². The molecule has 1 fully saturated rings. The highest BCUT2D eigenvalue weighted by Crippen LogP contribution is 2.42. The fraction of sp³-hybridized carbons (Fsp3) is 0.481. The van der Waals surface area contributed by atoms with Gasteiger partial charge in [-0.15, -0.1) is 6.58 Å². The Hall–Kier alpha value is -3.83. The minimum absolute atomic E-state index is 0.00572. The number of esters is 1. The van der Waals surface area contributed by atoms with Crippen molar-refractivity contribution in [3.63, 3.8) is 0 Å². The zero-order valence-corrected chi connectivity index (χ0v) is 21.8. The Kier molecular flexibility index (Phi) is 8.03. The lowest BCUT2D eigenvalue weighted by Gasteiger charge is -2.35. The highest BCUT2D eigenvalue weighted by atomic mass is 19.4. The molecule has 0 radical (unpaired) electrons. The molecule has 3 heterocycles. The Balaban J connectivity index is 1.60. The average molecular weight is 549 g/mol. The number of piperidine rings is 1. The van der Waals surface area contributed by atoms with E-state index in [4.69, 9.17) is 4.74 Å². The summed E-state index contributed by atoms with van der Waals surface area (Å²) in [5, 5.41) is 2.55. The molecule has 4 amide bonds. The van der Waals surface area contributed by atoms with Crippen LogP contribution in [-0.4, -0.2) is 77.3 Å². The van der Waals surface area contributed by atoms with Gasteiger partial charge < -0.3 is 19.9 Å². The predicted molar refractivity (Wildman–Crippen MR) is 134 cm³/mol. The van der Waals surface area contributed by atoms with Gasteiger partial charge in [-0.25, -0.2) is 4.79 Å². The zero-order valence-electron chi connectivity index (χ0n) is 21.8. The smallest absolute Gasteiger partial charge is 0.416 e. The average Bonchev–Trinajstić information content (AvgIpc) is 3.26. The Morgan fingerprint density at radius 3 is 2.49 bits per heavy atom. The fourth-order valence-electron chi connectivity index (χ4n) is 5.38. The van der Waals surface area contributed by atoms with Gasteiger partial charge in [0.25, 0.3) is 5.91 Å². The molecule has 0 saturated carbocycles. The van der Waals surface area contributed by atoms with E-state index in [2.05, 4.69) is 11.9 Å². The molecule has 3 aliphatic rings. The van der Waals surface area contributed by atoms with Gasteiger partial charge in [0.15, 0.2) is 0 Å². The molecule has 0 bridgehead atoms. The van der Waals surface area contributed by atoms with Crippen molar-refractivity contribution in [2.75, 3.05) is 32.8 Å². The van der Waals surface area contributed by atoms with E-state index in [9.17, 15) is 32.3 Å². The van der Waals surface area contributed by atoms with E-state index in [-0.39, 0.29) is 54.3 Å². The molecule has 1 aromatic carbocycles. The maximum absolute atomic E-state index is 13.8. The SMILES string of the molecule is C=CCN1C(=O)N[C@@H](c2ccccc2C(F)(F)F)C2=C1CN([C@@H](C)C(=O)N1CCC(C(=O)OCC)CC1)C2=O. The van der Waals surface area contributed by atoms with Crippen LogP contribution in [0.3, 0.4) is 0 Å². The molecule has 12 heteroatoms. The summed E-state index contributed by atoms with van der Waals surface area (Å²) < 4.78 is 46.6. The number of hydrogen-bond donors (Lipinski definition) is 1. The van der Waals surface area contributed by atoms with Crippen LogP contribution in [-0.2, 0) is 25.3 Å². The van der Waals surface area contributed by atoms with Crippen LogP contribution in [0.5, 0.6) is 0 Å². The molecule has 39 heavy (non-hydrogen) atoms. The molecule has 4 rings (SSSR count). The van der Waals surface area contributed by atoms with Gasteiger partial charge in [0, 0.05) is 19.6 Å². The molecule has 0 aliphatic carbocycles. The van der Waals surface area contributed by atoms with E-state index in [1.165, 1.54) is 34.1 Å². The van der Waals surface area contributed by atoms with Gasteiger partial charge in [-0.05, 0) is 38.3 Å². The summed E-state index contributed by atoms with van der Waals surface area (Å²) in [4.78, 5) is 56.3. The number of urea groups is 1. The minimum atomic E-state index is -4.71. The van der Waals surface area contributed by atoms with Crippen molar-refractivity contribution in [3.05, 3.63) is 59.3 Å². The number of alkyl halides is 3. The van der Waals surface area contributed by atoms with E-state index >= 15 is 0 Å². The van der Waals surface area contributed by atoms with Crippen molar-refractivity contribution in [2.45, 2.75) is 44.9 Å². The molecule has 0 unspecified atom stereocenters. The topological polar surface area (TPSA) is 99.3 Å². The molecule has 210 valence electrons. The van der Waals surface area contributed by atoms with Gasteiger partial charge >= 0.3 is 18.2 Å². The van der Waals surface area contributed by atoms with Crippen molar-refractivity contribution in [1.82, 2.24) is 20.0 Å². The molecule has 1 N–H and O–H groups in total. The van der Waals surface area contributed by atoms with Gasteiger partial charge in [-0.1, -0.05) is 24.3 Å². The van der Waals surface area contributed by atoms with E-state index in [1.807, 2.05) is 0 Å². The Labute approximate surface area is 224 Å².